The van der Waals surface area contributed by atoms with Gasteiger partial charge in [0.05, 0.1) is 23.1 Å². The lowest BCUT2D eigenvalue weighted by Crippen LogP contribution is -2.31. The minimum Gasteiger partial charge on any atom is -0.507 e. The zero-order valence-corrected chi connectivity index (χ0v) is 22.8. The van der Waals surface area contributed by atoms with Crippen LogP contribution in [-0.4, -0.2) is 25.0 Å². The number of benzene rings is 1. The lowest BCUT2D eigenvalue weighted by atomic mass is 9.79. The molecule has 0 aliphatic rings. The van der Waals surface area contributed by atoms with Gasteiger partial charge in [0.2, 0.25) is 0 Å². The number of aromatic nitrogens is 3. The Kier molecular flexibility index (Phi) is 7.74. The molecular formula is C32H38N4O. The van der Waals surface area contributed by atoms with Crippen LogP contribution in [0.1, 0.15) is 81.4 Å². The number of pyridine rings is 3. The third-order valence-electron chi connectivity index (χ3n) is 6.63. The second-order valence-corrected chi connectivity index (χ2v) is 11.7. The van der Waals surface area contributed by atoms with E-state index in [4.69, 9.17) is 9.97 Å². The van der Waals surface area contributed by atoms with Crippen molar-refractivity contribution in [3.63, 3.8) is 0 Å². The Labute approximate surface area is 221 Å². The zero-order valence-electron chi connectivity index (χ0n) is 22.8. The molecule has 0 atom stereocenters. The molecule has 5 heteroatoms. The Bertz CT molecular complexity index is 1250. The number of aromatic hydroxyl groups is 1. The van der Waals surface area contributed by atoms with Crippen LogP contribution in [0.5, 0.6) is 5.75 Å². The van der Waals surface area contributed by atoms with E-state index >= 15 is 0 Å². The highest BCUT2D eigenvalue weighted by Crippen LogP contribution is 2.39. The summed E-state index contributed by atoms with van der Waals surface area (Å²) >= 11 is 0. The topological polar surface area (TPSA) is 62.1 Å². The van der Waals surface area contributed by atoms with E-state index in [0.29, 0.717) is 18.8 Å². The highest BCUT2D eigenvalue weighted by molar-refractivity contribution is 5.49. The molecule has 0 amide bonds. The van der Waals surface area contributed by atoms with Gasteiger partial charge in [-0.1, -0.05) is 71.9 Å². The molecule has 5 nitrogen and oxygen atoms in total. The highest BCUT2D eigenvalue weighted by Gasteiger charge is 2.29. The van der Waals surface area contributed by atoms with Gasteiger partial charge in [-0.2, -0.15) is 0 Å². The fourth-order valence-electron chi connectivity index (χ4n) is 4.58. The quantitative estimate of drug-likeness (QED) is 0.301. The second kappa shape index (κ2) is 10.8. The van der Waals surface area contributed by atoms with E-state index in [9.17, 15) is 5.11 Å². The molecule has 1 N–H and O–H groups in total. The van der Waals surface area contributed by atoms with Crippen LogP contribution in [0.4, 0.5) is 0 Å². The first-order valence-corrected chi connectivity index (χ1v) is 12.9. The van der Waals surface area contributed by atoms with E-state index in [1.165, 1.54) is 5.56 Å². The number of rotatable bonds is 7. The maximum absolute atomic E-state index is 11.6. The summed E-state index contributed by atoms with van der Waals surface area (Å²) in [6.45, 7) is 14.2. The van der Waals surface area contributed by atoms with E-state index in [1.807, 2.05) is 73.2 Å². The Balaban J connectivity index is 1.88. The Hall–Kier alpha value is -3.57. The van der Waals surface area contributed by atoms with Gasteiger partial charge in [0.1, 0.15) is 5.75 Å². The molecule has 3 aromatic heterocycles. The lowest BCUT2D eigenvalue weighted by molar-refractivity contribution is 0.195. The minimum atomic E-state index is -0.222. The van der Waals surface area contributed by atoms with Crippen LogP contribution in [0, 0.1) is 0 Å². The number of nitrogens with zero attached hydrogens (tertiary/aromatic N) is 4. The van der Waals surface area contributed by atoms with Gasteiger partial charge in [0.25, 0.3) is 0 Å². The SMILES string of the molecule is CC(C)(C)c1cc(CN(Cc2ccccn2)C(c2ccccn2)c2ccccn2)c(O)c(C(C)(C)C)c1. The van der Waals surface area contributed by atoms with Gasteiger partial charge < -0.3 is 5.11 Å². The van der Waals surface area contributed by atoms with Gasteiger partial charge in [0, 0.05) is 37.2 Å². The van der Waals surface area contributed by atoms with Gasteiger partial charge in [-0.15, -0.1) is 0 Å². The summed E-state index contributed by atoms with van der Waals surface area (Å²) in [6, 6.07) is 22.0. The van der Waals surface area contributed by atoms with Crippen LogP contribution < -0.4 is 0 Å². The van der Waals surface area contributed by atoms with Crippen LogP contribution in [0.2, 0.25) is 0 Å². The molecule has 0 unspecified atom stereocenters. The lowest BCUT2D eigenvalue weighted by Gasteiger charge is -2.33. The molecule has 0 bridgehead atoms. The summed E-state index contributed by atoms with van der Waals surface area (Å²) in [5, 5.41) is 11.6. The van der Waals surface area contributed by atoms with Crippen LogP contribution >= 0.6 is 0 Å². The van der Waals surface area contributed by atoms with E-state index in [1.54, 1.807) is 0 Å². The van der Waals surface area contributed by atoms with Crippen molar-refractivity contribution in [3.8, 4) is 5.75 Å². The van der Waals surface area contributed by atoms with Crippen molar-refractivity contribution in [2.24, 2.45) is 0 Å². The molecule has 37 heavy (non-hydrogen) atoms. The van der Waals surface area contributed by atoms with Crippen molar-refractivity contribution in [3.05, 3.63) is 119 Å². The summed E-state index contributed by atoms with van der Waals surface area (Å²) in [4.78, 5) is 16.4. The number of phenolic OH excluding ortho intramolecular Hbond substituents is 1. The van der Waals surface area contributed by atoms with Crippen molar-refractivity contribution < 1.29 is 5.11 Å². The molecule has 192 valence electrons. The third-order valence-corrected chi connectivity index (χ3v) is 6.63. The first-order valence-electron chi connectivity index (χ1n) is 12.9. The summed E-state index contributed by atoms with van der Waals surface area (Å²) < 4.78 is 0. The molecule has 0 saturated carbocycles. The Morgan fingerprint density at radius 1 is 0.703 bits per heavy atom. The van der Waals surface area contributed by atoms with E-state index in [0.717, 1.165) is 28.2 Å². The van der Waals surface area contributed by atoms with E-state index < -0.39 is 0 Å². The van der Waals surface area contributed by atoms with Crippen LogP contribution in [0.3, 0.4) is 0 Å². The molecule has 0 spiro atoms. The molecule has 4 rings (SSSR count). The maximum atomic E-state index is 11.6. The van der Waals surface area contributed by atoms with Gasteiger partial charge in [-0.25, -0.2) is 0 Å². The maximum Gasteiger partial charge on any atom is 0.123 e. The van der Waals surface area contributed by atoms with Crippen molar-refractivity contribution in [2.45, 2.75) is 71.5 Å². The largest absolute Gasteiger partial charge is 0.507 e. The predicted octanol–water partition coefficient (Wildman–Crippen LogP) is 6.96. The highest BCUT2D eigenvalue weighted by atomic mass is 16.3. The van der Waals surface area contributed by atoms with Crippen molar-refractivity contribution in [2.75, 3.05) is 0 Å². The molecule has 1 aromatic carbocycles. The molecule has 0 fully saturated rings. The average Bonchev–Trinajstić information content (AvgIpc) is 2.86. The molecule has 0 radical (unpaired) electrons. The number of phenols is 1. The Morgan fingerprint density at radius 2 is 1.27 bits per heavy atom. The molecule has 4 aromatic rings. The fraction of sp³-hybridized carbons (Fsp3) is 0.344. The van der Waals surface area contributed by atoms with Crippen LogP contribution in [0.15, 0.2) is 85.3 Å². The van der Waals surface area contributed by atoms with Crippen molar-refractivity contribution in [1.82, 2.24) is 19.9 Å². The van der Waals surface area contributed by atoms with Gasteiger partial charge in [0.15, 0.2) is 0 Å². The zero-order chi connectivity index (χ0) is 26.6. The predicted molar refractivity (Wildman–Crippen MR) is 149 cm³/mol. The van der Waals surface area contributed by atoms with Gasteiger partial charge in [-0.3, -0.25) is 19.9 Å². The first-order chi connectivity index (χ1) is 17.5. The average molecular weight is 495 g/mol. The minimum absolute atomic E-state index is 0.0599. The number of hydrogen-bond acceptors (Lipinski definition) is 5. The summed E-state index contributed by atoms with van der Waals surface area (Å²) in [5.74, 6) is 0.354. The number of hydrogen-bond donors (Lipinski definition) is 1. The first kappa shape index (κ1) is 26.5. The summed E-state index contributed by atoms with van der Waals surface area (Å²) in [7, 11) is 0. The normalized spacial score (nSPS) is 12.3. The van der Waals surface area contributed by atoms with Gasteiger partial charge in [-0.05, 0) is 58.4 Å². The summed E-state index contributed by atoms with van der Waals surface area (Å²) in [6.07, 6.45) is 5.46. The van der Waals surface area contributed by atoms with Crippen molar-refractivity contribution >= 4 is 0 Å². The summed E-state index contributed by atoms with van der Waals surface area (Å²) in [5.41, 5.74) is 5.55. The molecule has 3 heterocycles. The smallest absolute Gasteiger partial charge is 0.123 e. The molecular weight excluding hydrogens is 456 g/mol. The third kappa shape index (κ3) is 6.41. The van der Waals surface area contributed by atoms with Crippen molar-refractivity contribution in [1.29, 1.82) is 0 Å². The fourth-order valence-corrected chi connectivity index (χ4v) is 4.58. The monoisotopic (exact) mass is 494 g/mol. The standard InChI is InChI=1S/C32H38N4O/c1-31(2,3)24-19-23(30(37)26(20-24)32(4,5)6)21-36(22-25-13-7-10-16-33-25)29(27-14-8-11-17-34-27)28-15-9-12-18-35-28/h7-20,29,37H,21-22H2,1-6H3. The van der Waals surface area contributed by atoms with Crippen LogP contribution in [-0.2, 0) is 23.9 Å². The molecule has 0 aliphatic carbocycles. The van der Waals surface area contributed by atoms with Crippen LogP contribution in [0.25, 0.3) is 0 Å². The molecule has 0 aliphatic heterocycles. The van der Waals surface area contributed by atoms with Gasteiger partial charge >= 0.3 is 0 Å². The van der Waals surface area contributed by atoms with E-state index in [2.05, 4.69) is 63.6 Å². The van der Waals surface area contributed by atoms with E-state index in [-0.39, 0.29) is 16.9 Å². The Morgan fingerprint density at radius 3 is 1.73 bits per heavy atom. The second-order valence-electron chi connectivity index (χ2n) is 11.7. The molecule has 0 saturated heterocycles.